The number of hydrogen-bond acceptors (Lipinski definition) is 5. The van der Waals surface area contributed by atoms with Crippen LogP contribution in [-0.4, -0.2) is 50.2 Å². The van der Waals surface area contributed by atoms with Gasteiger partial charge in [0, 0.05) is 19.6 Å². The van der Waals surface area contributed by atoms with Gasteiger partial charge in [0.15, 0.2) is 0 Å². The zero-order chi connectivity index (χ0) is 15.2. The number of carbonyl (C=O) groups is 1. The van der Waals surface area contributed by atoms with Crippen LogP contribution in [0.4, 0.5) is 0 Å². The normalized spacial score (nSPS) is 19.2. The van der Waals surface area contributed by atoms with Gasteiger partial charge in [0.2, 0.25) is 0 Å². The van der Waals surface area contributed by atoms with Crippen LogP contribution in [0.3, 0.4) is 0 Å². The predicted octanol–water partition coefficient (Wildman–Crippen LogP) is 1.97. The van der Waals surface area contributed by atoms with Crippen LogP contribution in [0.5, 0.6) is 11.5 Å². The highest BCUT2D eigenvalue weighted by atomic mass is 16.5. The minimum atomic E-state index is -1.02. The zero-order valence-electron chi connectivity index (χ0n) is 12.2. The third kappa shape index (κ3) is 4.61. The van der Waals surface area contributed by atoms with Crippen LogP contribution in [0.2, 0.25) is 0 Å². The molecule has 21 heavy (non-hydrogen) atoms. The molecule has 1 aromatic carbocycles. The highest BCUT2D eigenvalue weighted by Gasteiger charge is 2.19. The van der Waals surface area contributed by atoms with Gasteiger partial charge in [0.05, 0.1) is 25.4 Å². The first-order valence-corrected chi connectivity index (χ1v) is 6.87. The standard InChI is InChI=1S/C15H20O6/c1-10(8-18-2)20-13-5-11(15(16)17)6-14(7-13)21-12-3-4-19-9-12/h5-7,10,12H,3-4,8-9H2,1-2H3,(H,16,17)/t10-,12-/m0/s1. The summed E-state index contributed by atoms with van der Waals surface area (Å²) in [5, 5.41) is 9.17. The van der Waals surface area contributed by atoms with Gasteiger partial charge in [-0.2, -0.15) is 0 Å². The molecule has 6 nitrogen and oxygen atoms in total. The van der Waals surface area contributed by atoms with Crippen molar-refractivity contribution in [1.29, 1.82) is 0 Å². The molecule has 1 heterocycles. The molecule has 1 saturated heterocycles. The molecular formula is C15H20O6. The Morgan fingerprint density at radius 1 is 1.43 bits per heavy atom. The second-order valence-electron chi connectivity index (χ2n) is 4.99. The molecule has 1 aliphatic rings. The predicted molar refractivity (Wildman–Crippen MR) is 75.2 cm³/mol. The Balaban J connectivity index is 2.14. The Kier molecular flexibility index (Phi) is 5.41. The summed E-state index contributed by atoms with van der Waals surface area (Å²) in [5.41, 5.74) is 0.131. The van der Waals surface area contributed by atoms with Crippen molar-refractivity contribution in [1.82, 2.24) is 0 Å². The Labute approximate surface area is 123 Å². The van der Waals surface area contributed by atoms with Crippen LogP contribution in [0.15, 0.2) is 18.2 Å². The molecular weight excluding hydrogens is 276 g/mol. The van der Waals surface area contributed by atoms with Gasteiger partial charge >= 0.3 is 5.97 Å². The van der Waals surface area contributed by atoms with E-state index >= 15 is 0 Å². The van der Waals surface area contributed by atoms with E-state index in [1.54, 1.807) is 13.2 Å². The van der Waals surface area contributed by atoms with Crippen molar-refractivity contribution in [3.63, 3.8) is 0 Å². The molecule has 0 bridgehead atoms. The van der Waals surface area contributed by atoms with Crippen LogP contribution >= 0.6 is 0 Å². The van der Waals surface area contributed by atoms with Crippen LogP contribution < -0.4 is 9.47 Å². The Hall–Kier alpha value is -1.79. The van der Waals surface area contributed by atoms with E-state index < -0.39 is 5.97 Å². The third-order valence-electron chi connectivity index (χ3n) is 3.06. The van der Waals surface area contributed by atoms with Gasteiger partial charge in [0.25, 0.3) is 0 Å². The minimum absolute atomic E-state index is 0.0432. The van der Waals surface area contributed by atoms with Crippen molar-refractivity contribution in [2.75, 3.05) is 26.9 Å². The molecule has 0 unspecified atom stereocenters. The first-order valence-electron chi connectivity index (χ1n) is 6.87. The number of hydrogen-bond donors (Lipinski definition) is 1. The number of aromatic carboxylic acids is 1. The smallest absolute Gasteiger partial charge is 0.335 e. The lowest BCUT2D eigenvalue weighted by atomic mass is 10.2. The lowest BCUT2D eigenvalue weighted by molar-refractivity contribution is 0.0692. The number of rotatable bonds is 7. The fourth-order valence-corrected chi connectivity index (χ4v) is 2.13. The van der Waals surface area contributed by atoms with Gasteiger partial charge in [-0.3, -0.25) is 0 Å². The highest BCUT2D eigenvalue weighted by Crippen LogP contribution is 2.26. The van der Waals surface area contributed by atoms with Crippen molar-refractivity contribution in [3.8, 4) is 11.5 Å². The molecule has 0 spiro atoms. The molecule has 2 atom stereocenters. The molecule has 1 fully saturated rings. The average molecular weight is 296 g/mol. The van der Waals surface area contributed by atoms with Gasteiger partial charge in [-0.25, -0.2) is 4.79 Å². The van der Waals surface area contributed by atoms with Gasteiger partial charge in [-0.05, 0) is 19.1 Å². The van der Waals surface area contributed by atoms with Gasteiger partial charge < -0.3 is 24.1 Å². The maximum absolute atomic E-state index is 11.2. The first-order chi connectivity index (χ1) is 10.1. The molecule has 0 saturated carbocycles. The molecule has 1 N–H and O–H groups in total. The van der Waals surface area contributed by atoms with Gasteiger partial charge in [0.1, 0.15) is 23.7 Å². The lowest BCUT2D eigenvalue weighted by Crippen LogP contribution is -2.19. The van der Waals surface area contributed by atoms with Gasteiger partial charge in [-0.1, -0.05) is 0 Å². The maximum Gasteiger partial charge on any atom is 0.335 e. The van der Waals surface area contributed by atoms with Crippen molar-refractivity contribution >= 4 is 5.97 Å². The van der Waals surface area contributed by atoms with E-state index in [4.69, 9.17) is 18.9 Å². The fourth-order valence-electron chi connectivity index (χ4n) is 2.13. The molecule has 1 aromatic rings. The molecule has 6 heteroatoms. The van der Waals surface area contributed by atoms with Crippen molar-refractivity contribution < 1.29 is 28.8 Å². The molecule has 0 radical (unpaired) electrons. The first kappa shape index (κ1) is 15.6. The lowest BCUT2D eigenvalue weighted by Gasteiger charge is -2.17. The van der Waals surface area contributed by atoms with E-state index in [0.29, 0.717) is 31.3 Å². The molecule has 1 aliphatic heterocycles. The Morgan fingerprint density at radius 3 is 2.81 bits per heavy atom. The zero-order valence-corrected chi connectivity index (χ0v) is 12.2. The summed E-state index contributed by atoms with van der Waals surface area (Å²) in [6.07, 6.45) is 0.577. The van der Waals surface area contributed by atoms with Crippen molar-refractivity contribution in [2.24, 2.45) is 0 Å². The highest BCUT2D eigenvalue weighted by molar-refractivity contribution is 5.88. The summed E-state index contributed by atoms with van der Waals surface area (Å²) in [4.78, 5) is 11.2. The number of carboxylic acid groups (broad SMARTS) is 1. The second-order valence-corrected chi connectivity index (χ2v) is 4.99. The van der Waals surface area contributed by atoms with Gasteiger partial charge in [-0.15, -0.1) is 0 Å². The van der Waals surface area contributed by atoms with E-state index in [2.05, 4.69) is 0 Å². The molecule has 2 rings (SSSR count). The summed E-state index contributed by atoms with van der Waals surface area (Å²) >= 11 is 0. The molecule has 0 aliphatic carbocycles. The Bertz CT molecular complexity index is 481. The number of methoxy groups -OCH3 is 1. The van der Waals surface area contributed by atoms with Crippen LogP contribution in [0.25, 0.3) is 0 Å². The second kappa shape index (κ2) is 7.28. The van der Waals surface area contributed by atoms with Crippen LogP contribution in [-0.2, 0) is 9.47 Å². The topological polar surface area (TPSA) is 74.2 Å². The van der Waals surface area contributed by atoms with E-state index in [0.717, 1.165) is 6.42 Å². The summed E-state index contributed by atoms with van der Waals surface area (Å²) in [5.74, 6) is -0.0919. The van der Waals surface area contributed by atoms with Crippen LogP contribution in [0, 0.1) is 0 Å². The molecule has 116 valence electrons. The number of carboxylic acids is 1. The summed E-state index contributed by atoms with van der Waals surface area (Å²) < 4.78 is 21.6. The van der Waals surface area contributed by atoms with E-state index in [9.17, 15) is 9.90 Å². The van der Waals surface area contributed by atoms with E-state index in [1.165, 1.54) is 12.1 Å². The fraction of sp³-hybridized carbons (Fsp3) is 0.533. The molecule has 0 amide bonds. The Morgan fingerprint density at radius 2 is 2.19 bits per heavy atom. The van der Waals surface area contributed by atoms with E-state index in [-0.39, 0.29) is 17.8 Å². The van der Waals surface area contributed by atoms with Crippen LogP contribution in [0.1, 0.15) is 23.7 Å². The number of benzene rings is 1. The average Bonchev–Trinajstić information content (AvgIpc) is 2.91. The number of ether oxygens (including phenoxy) is 4. The summed E-state index contributed by atoms with van der Waals surface area (Å²) in [6, 6.07) is 4.66. The largest absolute Gasteiger partial charge is 0.488 e. The summed E-state index contributed by atoms with van der Waals surface area (Å²) in [7, 11) is 1.59. The monoisotopic (exact) mass is 296 g/mol. The van der Waals surface area contributed by atoms with Crippen molar-refractivity contribution in [2.45, 2.75) is 25.6 Å². The van der Waals surface area contributed by atoms with E-state index in [1.807, 2.05) is 6.92 Å². The SMILES string of the molecule is COC[C@H](C)Oc1cc(O[C@H]2CCOC2)cc(C(=O)O)c1. The maximum atomic E-state index is 11.2. The summed E-state index contributed by atoms with van der Waals surface area (Å²) in [6.45, 7) is 3.46. The van der Waals surface area contributed by atoms with Crippen molar-refractivity contribution in [3.05, 3.63) is 23.8 Å². The third-order valence-corrected chi connectivity index (χ3v) is 3.06. The minimum Gasteiger partial charge on any atom is -0.488 e. The quantitative estimate of drug-likeness (QED) is 0.829. The molecule has 0 aromatic heterocycles.